The SMILES string of the molecule is CC(=O)c1cc(F)ccc1C1=C(C)c2cc(F)ccc2CO1. The summed E-state index contributed by atoms with van der Waals surface area (Å²) in [4.78, 5) is 11.8. The normalized spacial score (nSPS) is 13.6. The molecule has 1 aliphatic rings. The molecule has 2 aromatic rings. The molecule has 4 heteroatoms. The number of rotatable bonds is 2. The summed E-state index contributed by atoms with van der Waals surface area (Å²) in [6.45, 7) is 3.47. The molecule has 112 valence electrons. The Morgan fingerprint density at radius 3 is 2.45 bits per heavy atom. The summed E-state index contributed by atoms with van der Waals surface area (Å²) in [6.07, 6.45) is 0. The molecule has 0 saturated carbocycles. The lowest BCUT2D eigenvalue weighted by Crippen LogP contribution is -2.09. The van der Waals surface area contributed by atoms with Crippen LogP contribution in [0.3, 0.4) is 0 Å². The van der Waals surface area contributed by atoms with Crippen molar-refractivity contribution in [2.24, 2.45) is 0 Å². The molecule has 3 rings (SSSR count). The Morgan fingerprint density at radius 2 is 1.73 bits per heavy atom. The van der Waals surface area contributed by atoms with Gasteiger partial charge in [-0.25, -0.2) is 8.78 Å². The molecule has 1 heterocycles. The minimum Gasteiger partial charge on any atom is -0.488 e. The van der Waals surface area contributed by atoms with Gasteiger partial charge in [0.05, 0.1) is 0 Å². The maximum absolute atomic E-state index is 13.5. The number of carbonyl (C=O) groups is 1. The van der Waals surface area contributed by atoms with Crippen molar-refractivity contribution >= 4 is 17.1 Å². The molecule has 0 unspecified atom stereocenters. The molecule has 1 aliphatic heterocycles. The third-order valence-electron chi connectivity index (χ3n) is 3.79. The van der Waals surface area contributed by atoms with Crippen molar-refractivity contribution in [3.8, 4) is 0 Å². The molecular weight excluding hydrogens is 286 g/mol. The summed E-state index contributed by atoms with van der Waals surface area (Å²) in [5, 5.41) is 0. The van der Waals surface area contributed by atoms with E-state index in [0.717, 1.165) is 16.7 Å². The van der Waals surface area contributed by atoms with Gasteiger partial charge >= 0.3 is 0 Å². The lowest BCUT2D eigenvalue weighted by molar-refractivity contribution is 0.101. The number of halogens is 2. The highest BCUT2D eigenvalue weighted by atomic mass is 19.1. The van der Waals surface area contributed by atoms with Crippen LogP contribution in [0.15, 0.2) is 36.4 Å². The second-order valence-corrected chi connectivity index (χ2v) is 5.29. The minimum atomic E-state index is -0.477. The zero-order chi connectivity index (χ0) is 15.9. The number of fused-ring (bicyclic) bond motifs is 1. The van der Waals surface area contributed by atoms with Gasteiger partial charge in [-0.2, -0.15) is 0 Å². The zero-order valence-corrected chi connectivity index (χ0v) is 12.2. The molecule has 0 spiro atoms. The number of Topliss-reactive ketones (excluding diaryl/α,β-unsaturated/α-hetero) is 1. The lowest BCUT2D eigenvalue weighted by Gasteiger charge is -2.23. The maximum atomic E-state index is 13.5. The molecule has 0 N–H and O–H groups in total. The molecule has 0 aliphatic carbocycles. The second kappa shape index (κ2) is 5.37. The first-order valence-electron chi connectivity index (χ1n) is 6.90. The Kier molecular flexibility index (Phi) is 3.53. The Morgan fingerprint density at radius 1 is 1.05 bits per heavy atom. The predicted octanol–water partition coefficient (Wildman–Crippen LogP) is 4.59. The van der Waals surface area contributed by atoms with Gasteiger partial charge in [0.1, 0.15) is 24.0 Å². The van der Waals surface area contributed by atoms with E-state index in [9.17, 15) is 13.6 Å². The average Bonchev–Trinajstić information content (AvgIpc) is 2.48. The first kappa shape index (κ1) is 14.4. The second-order valence-electron chi connectivity index (χ2n) is 5.29. The molecule has 0 amide bonds. The number of benzene rings is 2. The number of ketones is 1. The van der Waals surface area contributed by atoms with Gasteiger partial charge in [0.2, 0.25) is 0 Å². The number of carbonyl (C=O) groups excluding carboxylic acids is 1. The minimum absolute atomic E-state index is 0.247. The molecule has 0 aromatic heterocycles. The first-order valence-corrected chi connectivity index (χ1v) is 6.90. The molecule has 0 saturated heterocycles. The monoisotopic (exact) mass is 300 g/mol. The van der Waals surface area contributed by atoms with Gasteiger partial charge in [0.25, 0.3) is 0 Å². The molecule has 2 aromatic carbocycles. The molecular formula is C18H14F2O2. The molecule has 0 bridgehead atoms. The average molecular weight is 300 g/mol. The fourth-order valence-corrected chi connectivity index (χ4v) is 2.69. The van der Waals surface area contributed by atoms with Crippen LogP contribution in [0.4, 0.5) is 8.78 Å². The third-order valence-corrected chi connectivity index (χ3v) is 3.79. The van der Waals surface area contributed by atoms with Crippen molar-refractivity contribution in [1.82, 2.24) is 0 Å². The van der Waals surface area contributed by atoms with Crippen LogP contribution in [-0.4, -0.2) is 5.78 Å². The Hall–Kier alpha value is -2.49. The summed E-state index contributed by atoms with van der Waals surface area (Å²) >= 11 is 0. The van der Waals surface area contributed by atoms with Crippen molar-refractivity contribution in [3.63, 3.8) is 0 Å². The third kappa shape index (κ3) is 2.41. The van der Waals surface area contributed by atoms with Gasteiger partial charge in [0, 0.05) is 11.1 Å². The van der Waals surface area contributed by atoms with Crippen LogP contribution in [-0.2, 0) is 11.3 Å². The van der Waals surface area contributed by atoms with E-state index in [1.54, 1.807) is 13.0 Å². The van der Waals surface area contributed by atoms with E-state index in [-0.39, 0.29) is 23.8 Å². The summed E-state index contributed by atoms with van der Waals surface area (Å²) in [5.74, 6) is -0.563. The highest BCUT2D eigenvalue weighted by Gasteiger charge is 2.22. The summed E-state index contributed by atoms with van der Waals surface area (Å²) < 4.78 is 32.7. The van der Waals surface area contributed by atoms with Crippen LogP contribution in [0.1, 0.15) is 40.9 Å². The fourth-order valence-electron chi connectivity index (χ4n) is 2.69. The van der Waals surface area contributed by atoms with Gasteiger partial charge in [-0.1, -0.05) is 6.07 Å². The van der Waals surface area contributed by atoms with Crippen molar-refractivity contribution in [2.75, 3.05) is 0 Å². The van der Waals surface area contributed by atoms with E-state index in [0.29, 0.717) is 11.3 Å². The van der Waals surface area contributed by atoms with Gasteiger partial charge in [-0.15, -0.1) is 0 Å². The smallest absolute Gasteiger partial charge is 0.160 e. The summed E-state index contributed by atoms with van der Waals surface area (Å²) in [7, 11) is 0. The largest absolute Gasteiger partial charge is 0.488 e. The van der Waals surface area contributed by atoms with Crippen LogP contribution < -0.4 is 0 Å². The first-order chi connectivity index (χ1) is 10.5. The van der Waals surface area contributed by atoms with E-state index in [4.69, 9.17) is 4.74 Å². The van der Waals surface area contributed by atoms with E-state index in [1.165, 1.54) is 37.3 Å². The number of hydrogen-bond acceptors (Lipinski definition) is 2. The quantitative estimate of drug-likeness (QED) is 0.758. The molecule has 0 fully saturated rings. The van der Waals surface area contributed by atoms with E-state index >= 15 is 0 Å². The van der Waals surface area contributed by atoms with E-state index < -0.39 is 5.82 Å². The van der Waals surface area contributed by atoms with Crippen molar-refractivity contribution < 1.29 is 18.3 Å². The topological polar surface area (TPSA) is 26.3 Å². The summed E-state index contributed by atoms with van der Waals surface area (Å²) in [6, 6.07) is 8.52. The molecule has 0 radical (unpaired) electrons. The maximum Gasteiger partial charge on any atom is 0.160 e. The predicted molar refractivity (Wildman–Crippen MR) is 80.1 cm³/mol. The van der Waals surface area contributed by atoms with Crippen LogP contribution in [0.2, 0.25) is 0 Å². The van der Waals surface area contributed by atoms with Gasteiger partial charge in [-0.3, -0.25) is 4.79 Å². The van der Waals surface area contributed by atoms with Crippen molar-refractivity contribution in [1.29, 1.82) is 0 Å². The Labute approximate surface area is 127 Å². The van der Waals surface area contributed by atoms with Crippen LogP contribution in [0, 0.1) is 11.6 Å². The van der Waals surface area contributed by atoms with E-state index in [1.807, 2.05) is 0 Å². The van der Waals surface area contributed by atoms with Gasteiger partial charge in [-0.05, 0) is 60.9 Å². The number of hydrogen-bond donors (Lipinski definition) is 0. The van der Waals surface area contributed by atoms with Gasteiger partial charge in [0.15, 0.2) is 5.78 Å². The highest BCUT2D eigenvalue weighted by molar-refractivity contribution is 6.01. The number of ether oxygens (including phenoxy) is 1. The van der Waals surface area contributed by atoms with Crippen LogP contribution >= 0.6 is 0 Å². The zero-order valence-electron chi connectivity index (χ0n) is 12.2. The molecule has 2 nitrogen and oxygen atoms in total. The standard InChI is InChI=1S/C18H14F2O2/c1-10-16-7-13(19)4-3-12(16)9-22-18(10)15-6-5-14(20)8-17(15)11(2)21/h3-8H,9H2,1-2H3. The van der Waals surface area contributed by atoms with Crippen molar-refractivity contribution in [2.45, 2.75) is 20.5 Å². The number of allylic oxidation sites excluding steroid dienone is 1. The fraction of sp³-hybridized carbons (Fsp3) is 0.167. The summed E-state index contributed by atoms with van der Waals surface area (Å²) in [5.41, 5.74) is 3.15. The lowest BCUT2D eigenvalue weighted by atomic mass is 9.93. The Balaban J connectivity index is 2.21. The molecule has 22 heavy (non-hydrogen) atoms. The van der Waals surface area contributed by atoms with Crippen molar-refractivity contribution in [3.05, 3.63) is 70.3 Å². The Bertz CT molecular complexity index is 807. The van der Waals surface area contributed by atoms with Crippen LogP contribution in [0.25, 0.3) is 11.3 Å². The highest BCUT2D eigenvalue weighted by Crippen LogP contribution is 2.36. The van der Waals surface area contributed by atoms with Gasteiger partial charge < -0.3 is 4.74 Å². The van der Waals surface area contributed by atoms with E-state index in [2.05, 4.69) is 0 Å². The van der Waals surface area contributed by atoms with Crippen LogP contribution in [0.5, 0.6) is 0 Å². The molecule has 0 atom stereocenters.